The molecule has 0 spiro atoms. The maximum atomic E-state index is 13.4. The Morgan fingerprint density at radius 2 is 1.56 bits per heavy atom. The summed E-state index contributed by atoms with van der Waals surface area (Å²) in [6, 6.07) is 33.0. The molecule has 0 bridgehead atoms. The average molecular weight is 620 g/mol. The number of carbonyl (C=O) groups excluding carboxylic acids is 1. The number of amidine groups is 1. The highest BCUT2D eigenvalue weighted by atomic mass is 79.9. The molecule has 1 saturated heterocycles. The van der Waals surface area contributed by atoms with Crippen LogP contribution in [-0.2, 0) is 11.4 Å². The summed E-state index contributed by atoms with van der Waals surface area (Å²) in [4.78, 5) is 20.4. The summed E-state index contributed by atoms with van der Waals surface area (Å²) in [5, 5.41) is 0.628. The third-order valence-electron chi connectivity index (χ3n) is 5.39. The molecule has 0 aliphatic carbocycles. The van der Waals surface area contributed by atoms with Crippen LogP contribution in [0.5, 0.6) is 5.75 Å². The fraction of sp³-hybridized carbons (Fsp3) is 0.0345. The molecule has 0 radical (unpaired) electrons. The zero-order valence-electron chi connectivity index (χ0n) is 19.0. The Hall–Kier alpha value is -3.13. The third kappa shape index (κ3) is 5.81. The van der Waals surface area contributed by atoms with E-state index in [1.807, 2.05) is 109 Å². The topological polar surface area (TPSA) is 41.9 Å². The predicted octanol–water partition coefficient (Wildman–Crippen LogP) is 8.60. The Morgan fingerprint density at radius 1 is 0.861 bits per heavy atom. The van der Waals surface area contributed by atoms with Gasteiger partial charge in [-0.3, -0.25) is 9.69 Å². The molecule has 1 heterocycles. The summed E-state index contributed by atoms with van der Waals surface area (Å²) < 4.78 is 7.96. The third-order valence-corrected chi connectivity index (χ3v) is 7.59. The van der Waals surface area contributed by atoms with Gasteiger partial charge >= 0.3 is 0 Å². The normalized spacial score (nSPS) is 15.6. The number of anilines is 1. The molecule has 5 rings (SSSR count). The van der Waals surface area contributed by atoms with E-state index >= 15 is 0 Å². The van der Waals surface area contributed by atoms with E-state index in [0.29, 0.717) is 16.7 Å². The van der Waals surface area contributed by atoms with Gasteiger partial charge in [0, 0.05) is 14.5 Å². The molecule has 0 N–H and O–H groups in total. The first-order chi connectivity index (χ1) is 17.6. The number of benzene rings is 4. The van der Waals surface area contributed by atoms with Gasteiger partial charge in [0.2, 0.25) is 0 Å². The van der Waals surface area contributed by atoms with Crippen LogP contribution < -0.4 is 9.64 Å². The zero-order chi connectivity index (χ0) is 24.9. The van der Waals surface area contributed by atoms with Crippen LogP contribution in [0.1, 0.15) is 11.1 Å². The number of hydrogen-bond donors (Lipinski definition) is 0. The molecule has 7 heteroatoms. The Kier molecular flexibility index (Phi) is 7.70. The van der Waals surface area contributed by atoms with Crippen molar-refractivity contribution in [2.24, 2.45) is 4.99 Å². The minimum Gasteiger partial charge on any atom is -0.489 e. The van der Waals surface area contributed by atoms with Crippen LogP contribution >= 0.6 is 43.6 Å². The van der Waals surface area contributed by atoms with Gasteiger partial charge in [-0.25, -0.2) is 4.99 Å². The summed E-state index contributed by atoms with van der Waals surface area (Å²) >= 11 is 8.41. The van der Waals surface area contributed by atoms with Crippen LogP contribution in [-0.4, -0.2) is 11.1 Å². The molecular formula is C29H20Br2N2O2S. The number of aliphatic imine (C=N–C) groups is 1. The van der Waals surface area contributed by atoms with Gasteiger partial charge < -0.3 is 4.74 Å². The molecule has 178 valence electrons. The Balaban J connectivity index is 1.36. The number of nitrogens with zero attached hydrogens (tertiary/aromatic N) is 2. The maximum absolute atomic E-state index is 13.4. The molecule has 4 aromatic carbocycles. The molecule has 4 nitrogen and oxygen atoms in total. The molecular weight excluding hydrogens is 600 g/mol. The Bertz CT molecular complexity index is 1440. The number of halogens is 2. The van der Waals surface area contributed by atoms with Crippen molar-refractivity contribution >= 4 is 72.1 Å². The summed E-state index contributed by atoms with van der Waals surface area (Å²) in [5.41, 5.74) is 3.56. The molecule has 0 saturated carbocycles. The van der Waals surface area contributed by atoms with Crippen molar-refractivity contribution in [2.45, 2.75) is 6.61 Å². The van der Waals surface area contributed by atoms with Gasteiger partial charge in [0.05, 0.1) is 16.3 Å². The van der Waals surface area contributed by atoms with Crippen LogP contribution in [0, 0.1) is 0 Å². The summed E-state index contributed by atoms with van der Waals surface area (Å²) in [7, 11) is 0. The van der Waals surface area contributed by atoms with E-state index in [9.17, 15) is 4.79 Å². The number of rotatable bonds is 6. The minimum absolute atomic E-state index is 0.0960. The smallest absolute Gasteiger partial charge is 0.271 e. The van der Waals surface area contributed by atoms with Crippen LogP contribution in [0.25, 0.3) is 6.08 Å². The van der Waals surface area contributed by atoms with Crippen LogP contribution in [0.15, 0.2) is 122 Å². The van der Waals surface area contributed by atoms with Crippen molar-refractivity contribution in [3.63, 3.8) is 0 Å². The van der Waals surface area contributed by atoms with E-state index in [1.165, 1.54) is 11.8 Å². The number of thioether (sulfide) groups is 1. The van der Waals surface area contributed by atoms with Gasteiger partial charge in [0.15, 0.2) is 5.17 Å². The van der Waals surface area contributed by atoms with Gasteiger partial charge in [-0.15, -0.1) is 0 Å². The quantitative estimate of drug-likeness (QED) is 0.203. The zero-order valence-corrected chi connectivity index (χ0v) is 23.0. The lowest BCUT2D eigenvalue weighted by Gasteiger charge is -2.15. The second kappa shape index (κ2) is 11.3. The maximum Gasteiger partial charge on any atom is 0.271 e. The summed E-state index contributed by atoms with van der Waals surface area (Å²) in [6.45, 7) is 0.452. The lowest BCUT2D eigenvalue weighted by Crippen LogP contribution is -2.28. The number of ether oxygens (including phenoxy) is 1. The molecule has 0 unspecified atom stereocenters. The number of carbonyl (C=O) groups is 1. The Morgan fingerprint density at radius 3 is 2.25 bits per heavy atom. The van der Waals surface area contributed by atoms with Crippen molar-refractivity contribution in [3.8, 4) is 5.75 Å². The second-order valence-corrected chi connectivity index (χ2v) is 10.7. The largest absolute Gasteiger partial charge is 0.489 e. The summed E-state index contributed by atoms with van der Waals surface area (Å²) in [6.07, 6.45) is 1.89. The van der Waals surface area contributed by atoms with Crippen LogP contribution in [0.4, 0.5) is 11.4 Å². The van der Waals surface area contributed by atoms with Crippen molar-refractivity contribution in [2.75, 3.05) is 4.90 Å². The molecule has 1 aliphatic rings. The summed E-state index contributed by atoms with van der Waals surface area (Å²) in [5.74, 6) is 0.663. The minimum atomic E-state index is -0.0960. The number of amides is 1. The molecule has 1 fully saturated rings. The van der Waals surface area contributed by atoms with Crippen LogP contribution in [0.3, 0.4) is 0 Å². The van der Waals surface area contributed by atoms with Crippen molar-refractivity contribution in [1.82, 2.24) is 0 Å². The molecule has 36 heavy (non-hydrogen) atoms. The highest BCUT2D eigenvalue weighted by Crippen LogP contribution is 2.37. The number of hydrogen-bond acceptors (Lipinski definition) is 4. The van der Waals surface area contributed by atoms with Gasteiger partial charge in [0.25, 0.3) is 5.91 Å². The molecule has 1 aliphatic heterocycles. The van der Waals surface area contributed by atoms with Crippen molar-refractivity contribution in [3.05, 3.63) is 128 Å². The van der Waals surface area contributed by atoms with Gasteiger partial charge in [-0.1, -0.05) is 86.5 Å². The lowest BCUT2D eigenvalue weighted by molar-refractivity contribution is -0.113. The first-order valence-corrected chi connectivity index (χ1v) is 13.6. The standard InChI is InChI=1S/C29H20Br2N2O2S/c30-22-14-13-21(26(31)18-22)19-35-25-15-11-20(12-16-25)17-27-28(34)33(24-9-5-2-6-10-24)29(36-27)32-23-7-3-1-4-8-23/h1-18H,19H2/b27-17-,32-29?. The number of para-hydroxylation sites is 2. The fourth-order valence-electron chi connectivity index (χ4n) is 3.58. The molecule has 0 aromatic heterocycles. The van der Waals surface area contributed by atoms with Crippen molar-refractivity contribution < 1.29 is 9.53 Å². The molecule has 1 amide bonds. The highest BCUT2D eigenvalue weighted by molar-refractivity contribution is 9.11. The van der Waals surface area contributed by atoms with Gasteiger partial charge in [-0.05, 0) is 71.9 Å². The lowest BCUT2D eigenvalue weighted by atomic mass is 10.2. The first kappa shape index (κ1) is 24.6. The van der Waals surface area contributed by atoms with E-state index in [4.69, 9.17) is 9.73 Å². The van der Waals surface area contributed by atoms with E-state index in [0.717, 1.165) is 37.2 Å². The monoisotopic (exact) mass is 618 g/mol. The molecule has 0 atom stereocenters. The van der Waals surface area contributed by atoms with Gasteiger partial charge in [0.1, 0.15) is 12.4 Å². The Labute approximate surface area is 231 Å². The van der Waals surface area contributed by atoms with Gasteiger partial charge in [-0.2, -0.15) is 0 Å². The SMILES string of the molecule is O=C1/C(=C/c2ccc(OCc3ccc(Br)cc3Br)cc2)SC(=Nc2ccccc2)N1c1ccccc1. The fourth-order valence-corrected chi connectivity index (χ4v) is 5.74. The van der Waals surface area contributed by atoms with E-state index in [2.05, 4.69) is 31.9 Å². The predicted molar refractivity (Wildman–Crippen MR) is 156 cm³/mol. The molecule has 4 aromatic rings. The van der Waals surface area contributed by atoms with E-state index in [1.54, 1.807) is 4.90 Å². The van der Waals surface area contributed by atoms with Crippen molar-refractivity contribution in [1.29, 1.82) is 0 Å². The van der Waals surface area contributed by atoms with E-state index in [-0.39, 0.29) is 5.91 Å². The van der Waals surface area contributed by atoms with Crippen LogP contribution in [0.2, 0.25) is 0 Å². The average Bonchev–Trinajstić information content (AvgIpc) is 3.19. The highest BCUT2D eigenvalue weighted by Gasteiger charge is 2.34. The first-order valence-electron chi connectivity index (χ1n) is 11.2. The van der Waals surface area contributed by atoms with E-state index < -0.39 is 0 Å². The second-order valence-electron chi connectivity index (χ2n) is 7.91.